The number of rotatable bonds is 4. The Kier molecular flexibility index (Phi) is 3.44. The maximum atomic E-state index is 5.42. The van der Waals surface area contributed by atoms with Crippen molar-refractivity contribution >= 4 is 0 Å². The molecule has 0 bridgehead atoms. The molecule has 0 radical (unpaired) electrons. The number of nitrogens with zero attached hydrogens (tertiary/aromatic N) is 1. The van der Waals surface area contributed by atoms with Gasteiger partial charge in [0.05, 0.1) is 12.3 Å². The summed E-state index contributed by atoms with van der Waals surface area (Å²) in [5, 5.41) is 3.52. The first-order chi connectivity index (χ1) is 7.27. The Morgan fingerprint density at radius 3 is 3.13 bits per heavy atom. The summed E-state index contributed by atoms with van der Waals surface area (Å²) in [4.78, 5) is 2.35. The molecule has 0 aromatic carbocycles. The van der Waals surface area contributed by atoms with E-state index in [1.807, 2.05) is 12.1 Å². The first kappa shape index (κ1) is 10.7. The van der Waals surface area contributed by atoms with Crippen LogP contribution in [-0.4, -0.2) is 31.1 Å². The molecule has 15 heavy (non-hydrogen) atoms. The maximum absolute atomic E-state index is 5.42. The van der Waals surface area contributed by atoms with Gasteiger partial charge in [-0.1, -0.05) is 0 Å². The second-order valence-electron chi connectivity index (χ2n) is 4.42. The summed E-state index contributed by atoms with van der Waals surface area (Å²) in [5.41, 5.74) is 0. The molecule has 1 aromatic heterocycles. The Labute approximate surface area is 91.4 Å². The average Bonchev–Trinajstić information content (AvgIpc) is 2.88. The van der Waals surface area contributed by atoms with Crippen LogP contribution in [-0.2, 0) is 0 Å². The van der Waals surface area contributed by atoms with Gasteiger partial charge >= 0.3 is 0 Å². The molecule has 2 heterocycles. The zero-order chi connectivity index (χ0) is 10.7. The van der Waals surface area contributed by atoms with E-state index in [1.54, 1.807) is 6.26 Å². The van der Waals surface area contributed by atoms with Crippen LogP contribution in [0.1, 0.15) is 31.6 Å². The Morgan fingerprint density at radius 2 is 2.53 bits per heavy atom. The Bertz CT molecular complexity index is 278. The molecule has 3 nitrogen and oxygen atoms in total. The lowest BCUT2D eigenvalue weighted by atomic mass is 10.1. The first-order valence-corrected chi connectivity index (χ1v) is 5.74. The van der Waals surface area contributed by atoms with E-state index >= 15 is 0 Å². The minimum absolute atomic E-state index is 0.363. The molecule has 1 N–H and O–H groups in total. The molecule has 0 amide bonds. The molecule has 1 saturated heterocycles. The van der Waals surface area contributed by atoms with Crippen LogP contribution in [0.15, 0.2) is 22.8 Å². The smallest absolute Gasteiger partial charge is 0.120 e. The van der Waals surface area contributed by atoms with E-state index in [0.717, 1.165) is 12.3 Å². The fourth-order valence-electron chi connectivity index (χ4n) is 2.16. The van der Waals surface area contributed by atoms with Gasteiger partial charge in [-0.2, -0.15) is 0 Å². The third-order valence-corrected chi connectivity index (χ3v) is 3.29. The van der Waals surface area contributed by atoms with E-state index in [9.17, 15) is 0 Å². The highest BCUT2D eigenvalue weighted by Crippen LogP contribution is 2.20. The predicted molar refractivity (Wildman–Crippen MR) is 60.8 cm³/mol. The fraction of sp³-hybridized carbons (Fsp3) is 0.667. The van der Waals surface area contributed by atoms with E-state index in [-0.39, 0.29) is 0 Å². The van der Waals surface area contributed by atoms with Crippen LogP contribution in [0.25, 0.3) is 0 Å². The number of hydrogen-bond donors (Lipinski definition) is 1. The van der Waals surface area contributed by atoms with Crippen LogP contribution < -0.4 is 5.32 Å². The third-order valence-electron chi connectivity index (χ3n) is 3.29. The largest absolute Gasteiger partial charge is 0.468 e. The van der Waals surface area contributed by atoms with Gasteiger partial charge in [-0.25, -0.2) is 0 Å². The first-order valence-electron chi connectivity index (χ1n) is 5.74. The highest BCUT2D eigenvalue weighted by Gasteiger charge is 2.20. The Hall–Kier alpha value is -0.800. The number of furan rings is 1. The highest BCUT2D eigenvalue weighted by atomic mass is 16.3. The van der Waals surface area contributed by atoms with Gasteiger partial charge in [0, 0.05) is 12.6 Å². The lowest BCUT2D eigenvalue weighted by molar-refractivity contribution is 0.213. The molecular weight excluding hydrogens is 188 g/mol. The lowest BCUT2D eigenvalue weighted by Crippen LogP contribution is -2.36. The van der Waals surface area contributed by atoms with Crippen LogP contribution in [0.5, 0.6) is 0 Å². The molecule has 1 aliphatic rings. The van der Waals surface area contributed by atoms with Gasteiger partial charge in [0.15, 0.2) is 0 Å². The summed E-state index contributed by atoms with van der Waals surface area (Å²) in [6.45, 7) is 4.46. The normalized spacial score (nSPS) is 23.5. The lowest BCUT2D eigenvalue weighted by Gasteiger charge is -2.26. The topological polar surface area (TPSA) is 28.4 Å². The molecule has 1 aromatic rings. The summed E-state index contributed by atoms with van der Waals surface area (Å²) >= 11 is 0. The summed E-state index contributed by atoms with van der Waals surface area (Å²) in [6.07, 6.45) is 4.36. The number of likely N-dealkylation sites (N-methyl/N-ethyl adjacent to an activating group) is 1. The van der Waals surface area contributed by atoms with Gasteiger partial charge in [-0.3, -0.25) is 4.90 Å². The Balaban J connectivity index is 1.87. The van der Waals surface area contributed by atoms with Gasteiger partial charge in [0.1, 0.15) is 5.76 Å². The fourth-order valence-corrected chi connectivity index (χ4v) is 2.16. The second kappa shape index (κ2) is 4.81. The number of hydrogen-bond acceptors (Lipinski definition) is 3. The van der Waals surface area contributed by atoms with Crippen molar-refractivity contribution in [3.63, 3.8) is 0 Å². The van der Waals surface area contributed by atoms with Gasteiger partial charge in [0.25, 0.3) is 0 Å². The van der Waals surface area contributed by atoms with Gasteiger partial charge in [-0.15, -0.1) is 0 Å². The molecule has 84 valence electrons. The number of nitrogens with one attached hydrogen (secondary N) is 1. The summed E-state index contributed by atoms with van der Waals surface area (Å²) in [7, 11) is 2.16. The van der Waals surface area contributed by atoms with Gasteiger partial charge in [-0.05, 0) is 45.5 Å². The van der Waals surface area contributed by atoms with Gasteiger partial charge in [0.2, 0.25) is 0 Å². The quantitative estimate of drug-likeness (QED) is 0.820. The summed E-state index contributed by atoms with van der Waals surface area (Å²) < 4.78 is 5.42. The summed E-state index contributed by atoms with van der Waals surface area (Å²) in [5.74, 6) is 1.05. The van der Waals surface area contributed by atoms with Crippen LogP contribution in [0.3, 0.4) is 0 Å². The van der Waals surface area contributed by atoms with Crippen LogP contribution in [0.2, 0.25) is 0 Å². The second-order valence-corrected chi connectivity index (χ2v) is 4.42. The Morgan fingerprint density at radius 1 is 1.67 bits per heavy atom. The van der Waals surface area contributed by atoms with Crippen LogP contribution in [0.4, 0.5) is 0 Å². The molecule has 1 fully saturated rings. The molecule has 0 saturated carbocycles. The molecule has 0 spiro atoms. The minimum atomic E-state index is 0.363. The molecule has 0 aliphatic carbocycles. The molecule has 2 rings (SSSR count). The third kappa shape index (κ3) is 2.61. The molecule has 3 heteroatoms. The van der Waals surface area contributed by atoms with E-state index in [0.29, 0.717) is 12.1 Å². The van der Waals surface area contributed by atoms with Crippen molar-refractivity contribution in [1.29, 1.82) is 0 Å². The van der Waals surface area contributed by atoms with Crippen molar-refractivity contribution in [1.82, 2.24) is 10.2 Å². The SMILES string of the molecule is C[C@H](c1ccco1)N(C)C[C@@H]1CCCN1. The molecule has 2 atom stereocenters. The van der Waals surface area contributed by atoms with Gasteiger partial charge < -0.3 is 9.73 Å². The zero-order valence-electron chi connectivity index (χ0n) is 9.57. The minimum Gasteiger partial charge on any atom is -0.468 e. The van der Waals surface area contributed by atoms with Crippen molar-refractivity contribution < 1.29 is 4.42 Å². The highest BCUT2D eigenvalue weighted by molar-refractivity contribution is 5.03. The van der Waals surface area contributed by atoms with Crippen molar-refractivity contribution in [2.75, 3.05) is 20.1 Å². The average molecular weight is 208 g/mol. The molecule has 0 unspecified atom stereocenters. The zero-order valence-corrected chi connectivity index (χ0v) is 9.57. The molecule has 1 aliphatic heterocycles. The van der Waals surface area contributed by atoms with Crippen molar-refractivity contribution in [3.05, 3.63) is 24.2 Å². The van der Waals surface area contributed by atoms with Crippen LogP contribution in [0, 0.1) is 0 Å². The van der Waals surface area contributed by atoms with Crippen molar-refractivity contribution in [2.24, 2.45) is 0 Å². The monoisotopic (exact) mass is 208 g/mol. The van der Waals surface area contributed by atoms with E-state index in [2.05, 4.69) is 24.2 Å². The summed E-state index contributed by atoms with van der Waals surface area (Å²) in [6, 6.07) is 5.02. The maximum Gasteiger partial charge on any atom is 0.120 e. The van der Waals surface area contributed by atoms with Crippen molar-refractivity contribution in [2.45, 2.75) is 31.8 Å². The van der Waals surface area contributed by atoms with E-state index in [4.69, 9.17) is 4.42 Å². The van der Waals surface area contributed by atoms with E-state index < -0.39 is 0 Å². The van der Waals surface area contributed by atoms with Crippen molar-refractivity contribution in [3.8, 4) is 0 Å². The predicted octanol–water partition coefficient (Wildman–Crippen LogP) is 2.02. The van der Waals surface area contributed by atoms with Crippen LogP contribution >= 0.6 is 0 Å². The standard InChI is InChI=1S/C12H20N2O/c1-10(12-6-4-8-15-12)14(2)9-11-5-3-7-13-11/h4,6,8,10-11,13H,3,5,7,9H2,1-2H3/t10-,11+/m1/s1. The molecular formula is C12H20N2O. The van der Waals surface area contributed by atoms with E-state index in [1.165, 1.54) is 19.4 Å².